The van der Waals surface area contributed by atoms with E-state index in [-0.39, 0.29) is 0 Å². The number of nitrogens with zero attached hydrogens (tertiary/aromatic N) is 3. The Morgan fingerprint density at radius 1 is 1.15 bits per heavy atom. The average molecular weight is 352 g/mol. The van der Waals surface area contributed by atoms with Crippen LogP contribution in [0.15, 0.2) is 34.9 Å². The number of aryl methyl sites for hydroxylation is 1. The molecule has 2 heterocycles. The Kier molecular flexibility index (Phi) is 4.07. The van der Waals surface area contributed by atoms with E-state index < -0.39 is 5.54 Å². The second kappa shape index (κ2) is 6.29. The van der Waals surface area contributed by atoms with Crippen LogP contribution in [0.5, 0.6) is 5.75 Å². The zero-order valence-corrected chi connectivity index (χ0v) is 15.5. The van der Waals surface area contributed by atoms with Crippen molar-refractivity contribution in [3.05, 3.63) is 47.5 Å². The van der Waals surface area contributed by atoms with Gasteiger partial charge in [-0.2, -0.15) is 4.98 Å². The quantitative estimate of drug-likeness (QED) is 0.771. The molecule has 0 spiro atoms. The number of nitrogens with two attached hydrogens (primary N) is 1. The summed E-state index contributed by atoms with van der Waals surface area (Å²) in [5, 5.41) is 4.18. The number of benzene rings is 1. The first kappa shape index (κ1) is 16.8. The molecule has 2 aromatic heterocycles. The van der Waals surface area contributed by atoms with Crippen molar-refractivity contribution in [3.63, 3.8) is 0 Å². The second-order valence-corrected chi connectivity index (χ2v) is 7.10. The third-order valence-electron chi connectivity index (χ3n) is 5.36. The monoisotopic (exact) mass is 352 g/mol. The van der Waals surface area contributed by atoms with Crippen molar-refractivity contribution < 1.29 is 9.26 Å². The van der Waals surface area contributed by atoms with Crippen LogP contribution >= 0.6 is 0 Å². The summed E-state index contributed by atoms with van der Waals surface area (Å²) >= 11 is 0. The Labute approximate surface area is 153 Å². The number of rotatable bonds is 4. The van der Waals surface area contributed by atoms with E-state index in [9.17, 15) is 0 Å². The van der Waals surface area contributed by atoms with Gasteiger partial charge in [-0.1, -0.05) is 18.0 Å². The van der Waals surface area contributed by atoms with Gasteiger partial charge in [-0.25, -0.2) is 0 Å². The highest BCUT2D eigenvalue weighted by molar-refractivity contribution is 5.61. The van der Waals surface area contributed by atoms with Crippen LogP contribution in [-0.2, 0) is 5.54 Å². The predicted octanol–water partition coefficient (Wildman–Crippen LogP) is 3.88. The molecule has 136 valence electrons. The predicted molar refractivity (Wildman–Crippen MR) is 99.4 cm³/mol. The van der Waals surface area contributed by atoms with Crippen molar-refractivity contribution in [2.24, 2.45) is 5.73 Å². The second-order valence-electron chi connectivity index (χ2n) is 7.10. The van der Waals surface area contributed by atoms with E-state index in [0.29, 0.717) is 11.7 Å². The summed E-state index contributed by atoms with van der Waals surface area (Å²) < 4.78 is 13.0. The van der Waals surface area contributed by atoms with E-state index in [1.165, 1.54) is 0 Å². The summed E-state index contributed by atoms with van der Waals surface area (Å²) in [6.07, 6.45) is 4.06. The number of hydrogen-bond donors (Lipinski definition) is 1. The first-order chi connectivity index (χ1) is 12.5. The molecule has 0 atom stereocenters. The van der Waals surface area contributed by atoms with Crippen molar-refractivity contribution in [3.8, 4) is 22.9 Å². The lowest BCUT2D eigenvalue weighted by atomic mass is 9.99. The van der Waals surface area contributed by atoms with Crippen molar-refractivity contribution >= 4 is 0 Å². The molecule has 6 nitrogen and oxygen atoms in total. The van der Waals surface area contributed by atoms with E-state index in [2.05, 4.69) is 34.6 Å². The van der Waals surface area contributed by atoms with Gasteiger partial charge in [0.2, 0.25) is 0 Å². The van der Waals surface area contributed by atoms with Gasteiger partial charge in [0.1, 0.15) is 5.75 Å². The molecule has 2 N–H and O–H groups in total. The minimum absolute atomic E-state index is 0.441. The van der Waals surface area contributed by atoms with Crippen molar-refractivity contribution in [2.75, 3.05) is 7.11 Å². The third kappa shape index (κ3) is 2.70. The minimum Gasteiger partial charge on any atom is -0.497 e. The lowest BCUT2D eigenvalue weighted by Gasteiger charge is -2.17. The molecule has 1 aliphatic carbocycles. The molecule has 26 heavy (non-hydrogen) atoms. The Hall–Kier alpha value is -2.60. The van der Waals surface area contributed by atoms with Gasteiger partial charge in [-0.3, -0.25) is 0 Å². The van der Waals surface area contributed by atoms with Gasteiger partial charge in [0.05, 0.1) is 18.2 Å². The summed E-state index contributed by atoms with van der Waals surface area (Å²) in [6, 6.07) is 10.1. The molecule has 0 bridgehead atoms. The van der Waals surface area contributed by atoms with Gasteiger partial charge in [-0.05, 0) is 57.0 Å². The van der Waals surface area contributed by atoms with Crippen LogP contribution in [0.1, 0.15) is 42.9 Å². The third-order valence-corrected chi connectivity index (χ3v) is 5.36. The average Bonchev–Trinajstić information content (AvgIpc) is 3.35. The zero-order chi connectivity index (χ0) is 18.3. The van der Waals surface area contributed by atoms with E-state index in [1.54, 1.807) is 7.11 Å². The topological polar surface area (TPSA) is 79.1 Å². The van der Waals surface area contributed by atoms with Crippen LogP contribution < -0.4 is 10.5 Å². The van der Waals surface area contributed by atoms with Crippen LogP contribution in [0, 0.1) is 13.8 Å². The maximum atomic E-state index is 6.46. The molecule has 1 saturated carbocycles. The molecule has 3 aromatic rings. The van der Waals surface area contributed by atoms with Gasteiger partial charge >= 0.3 is 0 Å². The fraction of sp³-hybridized carbons (Fsp3) is 0.400. The van der Waals surface area contributed by atoms with Gasteiger partial charge in [0.25, 0.3) is 5.89 Å². The molecular weight excluding hydrogens is 328 g/mol. The largest absolute Gasteiger partial charge is 0.497 e. The Balaban J connectivity index is 1.71. The highest BCUT2D eigenvalue weighted by atomic mass is 16.5. The molecular formula is C20H24N4O2. The number of methoxy groups -OCH3 is 1. The number of aromatic nitrogens is 3. The van der Waals surface area contributed by atoms with Crippen LogP contribution in [0.2, 0.25) is 0 Å². The van der Waals surface area contributed by atoms with Gasteiger partial charge < -0.3 is 19.6 Å². The van der Waals surface area contributed by atoms with E-state index in [4.69, 9.17) is 15.0 Å². The molecule has 0 radical (unpaired) electrons. The van der Waals surface area contributed by atoms with Gasteiger partial charge in [0.15, 0.2) is 5.82 Å². The summed E-state index contributed by atoms with van der Waals surface area (Å²) in [7, 11) is 1.67. The first-order valence-corrected chi connectivity index (χ1v) is 8.99. The normalized spacial score (nSPS) is 16.2. The molecule has 0 aliphatic heterocycles. The smallest absolute Gasteiger partial charge is 0.259 e. The summed E-state index contributed by atoms with van der Waals surface area (Å²) in [5.74, 6) is 1.99. The van der Waals surface area contributed by atoms with E-state index in [0.717, 1.165) is 54.1 Å². The number of hydrogen-bond acceptors (Lipinski definition) is 5. The van der Waals surface area contributed by atoms with Crippen LogP contribution in [-0.4, -0.2) is 21.8 Å². The maximum Gasteiger partial charge on any atom is 0.259 e. The Bertz CT molecular complexity index is 918. The molecule has 0 unspecified atom stereocenters. The fourth-order valence-corrected chi connectivity index (χ4v) is 3.87. The fourth-order valence-electron chi connectivity index (χ4n) is 3.87. The summed E-state index contributed by atoms with van der Waals surface area (Å²) in [6.45, 7) is 4.13. The molecule has 1 aromatic carbocycles. The standard InChI is InChI=1S/C20H24N4O2/c1-13-12-17(14(2)24(13)15-6-8-16(25-3)9-7-15)18-22-19(23-26-18)20(21)10-4-5-11-20/h6-9,12H,4-5,10-11,21H2,1-3H3. The molecule has 0 amide bonds. The van der Waals surface area contributed by atoms with Crippen LogP contribution in [0.4, 0.5) is 0 Å². The SMILES string of the molecule is COc1ccc(-n2c(C)cc(-c3nc(C4(N)CCCC4)no3)c2C)cc1. The van der Waals surface area contributed by atoms with Gasteiger partial charge in [-0.15, -0.1) is 0 Å². The highest BCUT2D eigenvalue weighted by Gasteiger charge is 2.36. The first-order valence-electron chi connectivity index (χ1n) is 8.99. The van der Waals surface area contributed by atoms with Crippen molar-refractivity contribution in [1.82, 2.24) is 14.7 Å². The minimum atomic E-state index is -0.441. The lowest BCUT2D eigenvalue weighted by molar-refractivity contribution is 0.372. The van der Waals surface area contributed by atoms with E-state index >= 15 is 0 Å². The summed E-state index contributed by atoms with van der Waals surface area (Å²) in [5.41, 5.74) is 10.2. The Morgan fingerprint density at radius 3 is 2.50 bits per heavy atom. The van der Waals surface area contributed by atoms with Gasteiger partial charge in [0, 0.05) is 17.1 Å². The number of ether oxygens (including phenoxy) is 1. The Morgan fingerprint density at radius 2 is 1.85 bits per heavy atom. The maximum absolute atomic E-state index is 6.46. The van der Waals surface area contributed by atoms with Crippen LogP contribution in [0.3, 0.4) is 0 Å². The lowest BCUT2D eigenvalue weighted by Crippen LogP contribution is -2.34. The summed E-state index contributed by atoms with van der Waals surface area (Å²) in [4.78, 5) is 4.63. The molecule has 4 rings (SSSR count). The van der Waals surface area contributed by atoms with Crippen molar-refractivity contribution in [2.45, 2.75) is 45.1 Å². The van der Waals surface area contributed by atoms with Crippen molar-refractivity contribution in [1.29, 1.82) is 0 Å². The van der Waals surface area contributed by atoms with E-state index in [1.807, 2.05) is 24.3 Å². The molecule has 1 aliphatic rings. The van der Waals surface area contributed by atoms with Crippen LogP contribution in [0.25, 0.3) is 17.1 Å². The molecule has 1 fully saturated rings. The molecule has 6 heteroatoms. The zero-order valence-electron chi connectivity index (χ0n) is 15.5. The highest BCUT2D eigenvalue weighted by Crippen LogP contribution is 2.36. The molecule has 0 saturated heterocycles.